The molecule has 1 aromatic heterocycles. The van der Waals surface area contributed by atoms with E-state index in [1.807, 2.05) is 29.2 Å². The fourth-order valence-corrected chi connectivity index (χ4v) is 5.02. The average molecular weight is 392 g/mol. The summed E-state index contributed by atoms with van der Waals surface area (Å²) in [4.78, 5) is 32.1. The summed E-state index contributed by atoms with van der Waals surface area (Å²) in [7, 11) is 1.69. The molecule has 2 heterocycles. The predicted octanol–water partition coefficient (Wildman–Crippen LogP) is 3.45. The van der Waals surface area contributed by atoms with Crippen LogP contribution >= 0.6 is 0 Å². The third-order valence-electron chi connectivity index (χ3n) is 6.62. The first kappa shape index (κ1) is 19.6. The van der Waals surface area contributed by atoms with E-state index in [2.05, 4.69) is 22.4 Å². The van der Waals surface area contributed by atoms with Crippen LogP contribution in [0.2, 0.25) is 0 Å². The molecular weight excluding hydrogens is 362 g/mol. The Labute approximate surface area is 172 Å². The fraction of sp³-hybridized carbons (Fsp3) is 0.458. The van der Waals surface area contributed by atoms with Crippen molar-refractivity contribution in [2.45, 2.75) is 38.5 Å². The summed E-state index contributed by atoms with van der Waals surface area (Å²) in [5.74, 6) is 0.430. The topological polar surface area (TPSA) is 62.3 Å². The number of carbonyl (C=O) groups is 2. The van der Waals surface area contributed by atoms with E-state index in [4.69, 9.17) is 0 Å². The molecule has 1 aliphatic heterocycles. The second-order valence-electron chi connectivity index (χ2n) is 8.42. The van der Waals surface area contributed by atoms with E-state index in [1.165, 1.54) is 0 Å². The van der Waals surface area contributed by atoms with Gasteiger partial charge in [-0.05, 0) is 54.5 Å². The van der Waals surface area contributed by atoms with Crippen LogP contribution in [0.25, 0.3) is 11.1 Å². The second-order valence-corrected chi connectivity index (χ2v) is 8.42. The maximum Gasteiger partial charge on any atom is 0.228 e. The summed E-state index contributed by atoms with van der Waals surface area (Å²) < 4.78 is 0. The summed E-state index contributed by atoms with van der Waals surface area (Å²) >= 11 is 0. The lowest BCUT2D eigenvalue weighted by atomic mass is 9.78. The number of pyridine rings is 1. The summed E-state index contributed by atoms with van der Waals surface area (Å²) in [5, 5.41) is 2.87. The number of aromatic nitrogens is 1. The summed E-state index contributed by atoms with van der Waals surface area (Å²) in [5.41, 5.74) is 2.78. The Kier molecular flexibility index (Phi) is 5.65. The van der Waals surface area contributed by atoms with Gasteiger partial charge < -0.3 is 10.2 Å². The molecule has 0 radical (unpaired) electrons. The van der Waals surface area contributed by atoms with Crippen molar-refractivity contribution in [2.24, 2.45) is 11.3 Å². The van der Waals surface area contributed by atoms with Crippen LogP contribution in [0.5, 0.6) is 0 Å². The number of nitrogens with one attached hydrogen (secondary N) is 1. The highest BCUT2D eigenvalue weighted by atomic mass is 16.2. The van der Waals surface area contributed by atoms with Crippen LogP contribution in [0.1, 0.15) is 37.7 Å². The zero-order valence-corrected chi connectivity index (χ0v) is 17.1. The summed E-state index contributed by atoms with van der Waals surface area (Å²) in [6, 6.07) is 12.2. The van der Waals surface area contributed by atoms with Crippen LogP contribution in [0.4, 0.5) is 0 Å². The molecule has 1 N–H and O–H groups in total. The third kappa shape index (κ3) is 3.91. The average Bonchev–Trinajstić information content (AvgIpc) is 3.45. The Bertz CT molecular complexity index is 877. The Morgan fingerprint density at radius 1 is 1.14 bits per heavy atom. The van der Waals surface area contributed by atoms with E-state index in [0.717, 1.165) is 42.4 Å². The van der Waals surface area contributed by atoms with Gasteiger partial charge in [0.2, 0.25) is 11.8 Å². The van der Waals surface area contributed by atoms with Crippen molar-refractivity contribution in [1.82, 2.24) is 15.2 Å². The van der Waals surface area contributed by atoms with Crippen LogP contribution in [0.3, 0.4) is 0 Å². The van der Waals surface area contributed by atoms with Gasteiger partial charge in [-0.15, -0.1) is 0 Å². The van der Waals surface area contributed by atoms with Gasteiger partial charge in [0.25, 0.3) is 0 Å². The van der Waals surface area contributed by atoms with Crippen LogP contribution < -0.4 is 5.32 Å². The molecule has 4 rings (SSSR count). The lowest BCUT2D eigenvalue weighted by molar-refractivity contribution is -0.136. The number of carbonyl (C=O) groups excluding carboxylic acids is 2. The summed E-state index contributed by atoms with van der Waals surface area (Å²) in [6.45, 7) is 1.17. The smallest absolute Gasteiger partial charge is 0.228 e. The quantitative estimate of drug-likeness (QED) is 0.849. The third-order valence-corrected chi connectivity index (χ3v) is 6.62. The van der Waals surface area contributed by atoms with Crippen molar-refractivity contribution >= 4 is 11.8 Å². The number of amides is 2. The first-order valence-corrected chi connectivity index (χ1v) is 10.6. The maximum atomic E-state index is 13.0. The van der Waals surface area contributed by atoms with E-state index in [-0.39, 0.29) is 17.7 Å². The number of hydrogen-bond donors (Lipinski definition) is 1. The molecule has 152 valence electrons. The van der Waals surface area contributed by atoms with Crippen LogP contribution in [-0.2, 0) is 16.0 Å². The largest absolute Gasteiger partial charge is 0.359 e. The van der Waals surface area contributed by atoms with Gasteiger partial charge in [0, 0.05) is 38.4 Å². The van der Waals surface area contributed by atoms with Gasteiger partial charge in [-0.2, -0.15) is 0 Å². The van der Waals surface area contributed by atoms with Crippen LogP contribution in [-0.4, -0.2) is 41.8 Å². The normalized spacial score (nSPS) is 22.0. The molecular formula is C24H29N3O2. The maximum absolute atomic E-state index is 13.0. The minimum Gasteiger partial charge on any atom is -0.359 e. The molecule has 2 amide bonds. The first-order chi connectivity index (χ1) is 14.1. The number of benzene rings is 1. The van der Waals surface area contributed by atoms with Gasteiger partial charge in [0.05, 0.1) is 5.41 Å². The van der Waals surface area contributed by atoms with Crippen molar-refractivity contribution < 1.29 is 9.59 Å². The molecule has 1 aliphatic carbocycles. The molecule has 5 nitrogen and oxygen atoms in total. The molecule has 1 atom stereocenters. The molecule has 5 heteroatoms. The van der Waals surface area contributed by atoms with Gasteiger partial charge in [-0.3, -0.25) is 14.6 Å². The highest BCUT2D eigenvalue weighted by Gasteiger charge is 2.46. The minimum absolute atomic E-state index is 0.0313. The van der Waals surface area contributed by atoms with E-state index < -0.39 is 5.41 Å². The number of hydrogen-bond acceptors (Lipinski definition) is 3. The molecule has 1 unspecified atom stereocenters. The second kappa shape index (κ2) is 8.36. The van der Waals surface area contributed by atoms with E-state index in [0.29, 0.717) is 25.9 Å². The predicted molar refractivity (Wildman–Crippen MR) is 113 cm³/mol. The standard InChI is InChI=1S/C24H29N3O2/c1-25-23(29)24(12-15-27(17-24)22(28)19-6-2-3-7-19)16-20-8-4-5-9-21(20)18-10-13-26-14-11-18/h4-5,8-11,13-14,19H,2-3,6-7,12,15-17H2,1H3,(H,25,29). The molecule has 29 heavy (non-hydrogen) atoms. The molecule has 0 bridgehead atoms. The summed E-state index contributed by atoms with van der Waals surface area (Å²) in [6.07, 6.45) is 9.18. The molecule has 2 aromatic rings. The first-order valence-electron chi connectivity index (χ1n) is 10.6. The lowest BCUT2D eigenvalue weighted by Gasteiger charge is -2.29. The Morgan fingerprint density at radius 2 is 1.86 bits per heavy atom. The van der Waals surface area contributed by atoms with Crippen LogP contribution in [0.15, 0.2) is 48.8 Å². The molecule has 1 saturated heterocycles. The highest BCUT2D eigenvalue weighted by molar-refractivity contribution is 5.86. The fourth-order valence-electron chi connectivity index (χ4n) is 5.02. The van der Waals surface area contributed by atoms with E-state index >= 15 is 0 Å². The van der Waals surface area contributed by atoms with Crippen LogP contribution in [0, 0.1) is 11.3 Å². The van der Waals surface area contributed by atoms with Crippen molar-refractivity contribution in [3.05, 3.63) is 54.4 Å². The minimum atomic E-state index is -0.577. The number of rotatable bonds is 5. The lowest BCUT2D eigenvalue weighted by Crippen LogP contribution is -2.44. The Morgan fingerprint density at radius 3 is 2.59 bits per heavy atom. The number of likely N-dealkylation sites (tertiary alicyclic amines) is 1. The SMILES string of the molecule is CNC(=O)C1(Cc2ccccc2-c2ccncc2)CCN(C(=O)C2CCCC2)C1. The van der Waals surface area contributed by atoms with Crippen molar-refractivity contribution in [1.29, 1.82) is 0 Å². The monoisotopic (exact) mass is 391 g/mol. The zero-order chi connectivity index (χ0) is 20.3. The zero-order valence-electron chi connectivity index (χ0n) is 17.1. The van der Waals surface area contributed by atoms with Gasteiger partial charge in [0.1, 0.15) is 0 Å². The number of nitrogens with zero attached hydrogens (tertiary/aromatic N) is 2. The molecule has 1 saturated carbocycles. The van der Waals surface area contributed by atoms with Gasteiger partial charge in [-0.1, -0.05) is 37.1 Å². The van der Waals surface area contributed by atoms with E-state index in [1.54, 1.807) is 19.4 Å². The molecule has 1 aromatic carbocycles. The Hall–Kier alpha value is -2.69. The molecule has 2 fully saturated rings. The van der Waals surface area contributed by atoms with Gasteiger partial charge in [0.15, 0.2) is 0 Å². The Balaban J connectivity index is 1.61. The molecule has 0 spiro atoms. The molecule has 2 aliphatic rings. The van der Waals surface area contributed by atoms with Crippen molar-refractivity contribution in [3.63, 3.8) is 0 Å². The highest BCUT2D eigenvalue weighted by Crippen LogP contribution is 2.39. The van der Waals surface area contributed by atoms with Crippen molar-refractivity contribution in [2.75, 3.05) is 20.1 Å². The van der Waals surface area contributed by atoms with Gasteiger partial charge in [-0.25, -0.2) is 0 Å². The van der Waals surface area contributed by atoms with E-state index in [9.17, 15) is 9.59 Å². The van der Waals surface area contributed by atoms with Gasteiger partial charge >= 0.3 is 0 Å². The van der Waals surface area contributed by atoms with Crippen molar-refractivity contribution in [3.8, 4) is 11.1 Å².